The summed E-state index contributed by atoms with van der Waals surface area (Å²) in [6.07, 6.45) is 7.29. The van der Waals surface area contributed by atoms with Crippen LogP contribution in [0.15, 0.2) is 24.5 Å². The first-order valence-corrected chi connectivity index (χ1v) is 10.9. The molecule has 1 aromatic rings. The fourth-order valence-corrected chi connectivity index (χ4v) is 5.44. The lowest BCUT2D eigenvalue weighted by atomic mass is 10.0. The highest BCUT2D eigenvalue weighted by atomic mass is 32.2. The molecule has 1 unspecified atom stereocenters. The second kappa shape index (κ2) is 9.23. The van der Waals surface area contributed by atoms with Gasteiger partial charge >= 0.3 is 0 Å². The molecule has 1 atom stereocenters. The van der Waals surface area contributed by atoms with E-state index in [4.69, 9.17) is 4.74 Å². The molecule has 7 nitrogen and oxygen atoms in total. The Bertz CT molecular complexity index is 646. The van der Waals surface area contributed by atoms with Crippen molar-refractivity contribution in [2.45, 2.75) is 38.3 Å². The summed E-state index contributed by atoms with van der Waals surface area (Å²) in [5.41, 5.74) is 1.20. The molecular weight excluding hydrogens is 352 g/mol. The van der Waals surface area contributed by atoms with E-state index in [0.29, 0.717) is 25.6 Å². The number of ether oxygens (including phenoxy) is 1. The van der Waals surface area contributed by atoms with E-state index in [1.807, 2.05) is 12.3 Å². The van der Waals surface area contributed by atoms with Crippen LogP contribution in [0.3, 0.4) is 0 Å². The summed E-state index contributed by atoms with van der Waals surface area (Å²) in [4.78, 5) is 6.51. The highest BCUT2D eigenvalue weighted by Gasteiger charge is 2.31. The Hall–Kier alpha value is -1.06. The predicted molar refractivity (Wildman–Crippen MR) is 101 cm³/mol. The third-order valence-corrected chi connectivity index (χ3v) is 6.90. The van der Waals surface area contributed by atoms with Gasteiger partial charge in [0.05, 0.1) is 6.61 Å². The number of rotatable bonds is 7. The van der Waals surface area contributed by atoms with Gasteiger partial charge in [0.15, 0.2) is 0 Å². The molecular formula is C18H30N4O3S. The molecule has 2 fully saturated rings. The first-order chi connectivity index (χ1) is 12.6. The number of methoxy groups -OCH3 is 1. The zero-order valence-electron chi connectivity index (χ0n) is 15.5. The lowest BCUT2D eigenvalue weighted by Crippen LogP contribution is -2.52. The summed E-state index contributed by atoms with van der Waals surface area (Å²) in [5, 5.41) is 0. The molecule has 26 heavy (non-hydrogen) atoms. The number of pyridine rings is 1. The summed E-state index contributed by atoms with van der Waals surface area (Å²) in [6, 6.07) is 4.05. The lowest BCUT2D eigenvalue weighted by Gasteiger charge is -2.35. The van der Waals surface area contributed by atoms with Crippen molar-refractivity contribution in [2.24, 2.45) is 5.92 Å². The molecule has 146 valence electrons. The maximum absolute atomic E-state index is 12.7. The number of hydrogen-bond acceptors (Lipinski definition) is 5. The quantitative estimate of drug-likeness (QED) is 0.768. The van der Waals surface area contributed by atoms with E-state index in [1.54, 1.807) is 17.6 Å². The zero-order chi connectivity index (χ0) is 18.4. The van der Waals surface area contributed by atoms with Crippen LogP contribution in [0, 0.1) is 5.92 Å². The molecule has 0 aromatic carbocycles. The van der Waals surface area contributed by atoms with Gasteiger partial charge in [-0.25, -0.2) is 0 Å². The second-order valence-electron chi connectivity index (χ2n) is 7.36. The van der Waals surface area contributed by atoms with Crippen LogP contribution >= 0.6 is 0 Å². The predicted octanol–water partition coefficient (Wildman–Crippen LogP) is 1.24. The van der Waals surface area contributed by atoms with Crippen molar-refractivity contribution in [3.05, 3.63) is 30.1 Å². The van der Waals surface area contributed by atoms with Crippen molar-refractivity contribution < 1.29 is 13.2 Å². The Morgan fingerprint density at radius 1 is 1.27 bits per heavy atom. The van der Waals surface area contributed by atoms with Crippen LogP contribution in [0.2, 0.25) is 0 Å². The molecule has 0 radical (unpaired) electrons. The van der Waals surface area contributed by atoms with Gasteiger partial charge in [-0.15, -0.1) is 0 Å². The largest absolute Gasteiger partial charge is 0.384 e. The Kier molecular flexibility index (Phi) is 6.99. The van der Waals surface area contributed by atoms with Gasteiger partial charge in [-0.2, -0.15) is 17.4 Å². The Labute approximate surface area is 156 Å². The number of piperidine rings is 2. The molecule has 0 amide bonds. The van der Waals surface area contributed by atoms with Gasteiger partial charge < -0.3 is 4.74 Å². The van der Waals surface area contributed by atoms with Crippen LogP contribution in [0.25, 0.3) is 0 Å². The highest BCUT2D eigenvalue weighted by Crippen LogP contribution is 2.20. The highest BCUT2D eigenvalue weighted by molar-refractivity contribution is 7.87. The molecule has 8 heteroatoms. The number of hydrogen-bond donors (Lipinski definition) is 1. The minimum absolute atomic E-state index is 0.0213. The van der Waals surface area contributed by atoms with E-state index in [1.165, 1.54) is 5.56 Å². The first-order valence-electron chi connectivity index (χ1n) is 9.44. The average Bonchev–Trinajstić information content (AvgIpc) is 2.65. The summed E-state index contributed by atoms with van der Waals surface area (Å²) >= 11 is 0. The Morgan fingerprint density at radius 3 is 2.77 bits per heavy atom. The summed E-state index contributed by atoms with van der Waals surface area (Å²) in [6.45, 7) is 4.46. The molecule has 3 heterocycles. The van der Waals surface area contributed by atoms with Crippen molar-refractivity contribution in [3.8, 4) is 0 Å². The monoisotopic (exact) mass is 382 g/mol. The standard InChI is InChI=1S/C18H30N4O3S/c1-25-15-17-5-3-9-22(14-17)26(23,24)20-18-6-10-21(11-7-18)13-16-4-2-8-19-12-16/h2,4,8,12,17-18,20H,3,5-7,9-11,13-15H2,1H3. The number of nitrogens with zero attached hydrogens (tertiary/aromatic N) is 3. The van der Waals surface area contributed by atoms with Crippen LogP contribution in [0.4, 0.5) is 0 Å². The smallest absolute Gasteiger partial charge is 0.279 e. The third kappa shape index (κ3) is 5.47. The van der Waals surface area contributed by atoms with Gasteiger partial charge in [-0.3, -0.25) is 9.88 Å². The molecule has 0 aliphatic carbocycles. The Balaban J connectivity index is 1.47. The van der Waals surface area contributed by atoms with Crippen LogP contribution in [-0.4, -0.2) is 68.5 Å². The maximum atomic E-state index is 12.7. The number of nitrogens with one attached hydrogen (secondary N) is 1. The molecule has 0 spiro atoms. The van der Waals surface area contributed by atoms with Crippen molar-refractivity contribution in [1.29, 1.82) is 0 Å². The summed E-state index contributed by atoms with van der Waals surface area (Å²) < 4.78 is 35.2. The van der Waals surface area contributed by atoms with Crippen molar-refractivity contribution in [2.75, 3.05) is 39.9 Å². The van der Waals surface area contributed by atoms with E-state index in [2.05, 4.69) is 20.7 Å². The van der Waals surface area contributed by atoms with Gasteiger partial charge in [0, 0.05) is 58.3 Å². The molecule has 3 rings (SSSR count). The van der Waals surface area contributed by atoms with E-state index >= 15 is 0 Å². The second-order valence-corrected chi connectivity index (χ2v) is 9.06. The van der Waals surface area contributed by atoms with Gasteiger partial charge in [0.25, 0.3) is 10.2 Å². The lowest BCUT2D eigenvalue weighted by molar-refractivity contribution is 0.117. The van der Waals surface area contributed by atoms with Gasteiger partial charge in [0.1, 0.15) is 0 Å². The molecule has 2 aliphatic rings. The fourth-order valence-electron chi connectivity index (χ4n) is 3.86. The molecule has 1 N–H and O–H groups in total. The zero-order valence-corrected chi connectivity index (χ0v) is 16.3. The normalized spacial score (nSPS) is 24.0. The average molecular weight is 383 g/mol. The Morgan fingerprint density at radius 2 is 2.08 bits per heavy atom. The van der Waals surface area contributed by atoms with Crippen molar-refractivity contribution in [1.82, 2.24) is 18.9 Å². The van der Waals surface area contributed by atoms with Crippen molar-refractivity contribution in [3.63, 3.8) is 0 Å². The van der Waals surface area contributed by atoms with E-state index in [-0.39, 0.29) is 6.04 Å². The number of likely N-dealkylation sites (tertiary alicyclic amines) is 1. The van der Waals surface area contributed by atoms with Crippen LogP contribution in [0.5, 0.6) is 0 Å². The summed E-state index contributed by atoms with van der Waals surface area (Å²) in [5.74, 6) is 0.298. The van der Waals surface area contributed by atoms with Gasteiger partial charge in [-0.1, -0.05) is 6.07 Å². The maximum Gasteiger partial charge on any atom is 0.279 e. The van der Waals surface area contributed by atoms with Crippen LogP contribution in [-0.2, 0) is 21.5 Å². The van der Waals surface area contributed by atoms with E-state index in [0.717, 1.165) is 45.3 Å². The molecule has 2 saturated heterocycles. The fraction of sp³-hybridized carbons (Fsp3) is 0.722. The third-order valence-electron chi connectivity index (χ3n) is 5.26. The van der Waals surface area contributed by atoms with Gasteiger partial charge in [0.2, 0.25) is 0 Å². The van der Waals surface area contributed by atoms with Crippen molar-refractivity contribution >= 4 is 10.2 Å². The van der Waals surface area contributed by atoms with E-state index in [9.17, 15) is 8.42 Å². The SMILES string of the molecule is COCC1CCCN(S(=O)(=O)NC2CCN(Cc3cccnc3)CC2)C1. The summed E-state index contributed by atoms with van der Waals surface area (Å²) in [7, 11) is -1.74. The minimum atomic E-state index is -3.41. The van der Waals surface area contributed by atoms with Gasteiger partial charge in [-0.05, 0) is 43.2 Å². The molecule has 0 saturated carbocycles. The van der Waals surface area contributed by atoms with Crippen LogP contribution in [0.1, 0.15) is 31.2 Å². The number of aromatic nitrogens is 1. The first kappa shape index (κ1) is 19.7. The topological polar surface area (TPSA) is 74.8 Å². The van der Waals surface area contributed by atoms with E-state index < -0.39 is 10.2 Å². The molecule has 0 bridgehead atoms. The molecule has 1 aromatic heterocycles. The molecule has 2 aliphatic heterocycles. The minimum Gasteiger partial charge on any atom is -0.384 e. The van der Waals surface area contributed by atoms with Crippen LogP contribution < -0.4 is 4.72 Å².